The molecule has 0 nitrogen and oxygen atoms in total. The van der Waals surface area contributed by atoms with E-state index in [1.165, 1.54) is 16.7 Å². The third-order valence-electron chi connectivity index (χ3n) is 3.74. The Labute approximate surface area is 105 Å². The molecule has 2 aromatic carbocycles. The second kappa shape index (κ2) is 3.29. The van der Waals surface area contributed by atoms with E-state index >= 15 is 0 Å². The fourth-order valence-corrected chi connectivity index (χ4v) is 2.61. The highest BCUT2D eigenvalue weighted by Crippen LogP contribution is 2.46. The van der Waals surface area contributed by atoms with Gasteiger partial charge in [0.1, 0.15) is 0 Å². The molecule has 0 atom stereocenters. The molecule has 0 spiro atoms. The molecule has 0 N–H and O–H groups in total. The van der Waals surface area contributed by atoms with E-state index in [2.05, 4.69) is 32.0 Å². The molecule has 1 aliphatic rings. The molecular weight excluding hydrogens is 202 g/mol. The summed E-state index contributed by atoms with van der Waals surface area (Å²) in [6.45, 7) is 4.21. The molecule has 0 bridgehead atoms. The fraction of sp³-hybridized carbons (Fsp3) is 0.200. The number of hydrogen-bond donors (Lipinski definition) is 0. The van der Waals surface area contributed by atoms with Gasteiger partial charge >= 0.3 is 0 Å². The molecule has 0 fully saturated rings. The Bertz CT molecular complexity index is 612. The molecule has 0 aliphatic heterocycles. The van der Waals surface area contributed by atoms with Crippen molar-refractivity contribution >= 4 is 15.7 Å². The number of aryl methyl sites for hydroxylation is 2. The monoisotopic (exact) mass is 214 g/mol. The van der Waals surface area contributed by atoms with Gasteiger partial charge in [0.25, 0.3) is 0 Å². The van der Waals surface area contributed by atoms with Crippen LogP contribution in [0.3, 0.4) is 0 Å². The molecule has 0 heterocycles. The van der Waals surface area contributed by atoms with Crippen molar-refractivity contribution in [3.8, 4) is 11.1 Å². The molecule has 78 valence electrons. The molecule has 17 heavy (non-hydrogen) atoms. The minimum absolute atomic E-state index is 0.857. The zero-order valence-corrected chi connectivity index (χ0v) is 10.1. The Morgan fingerprint density at radius 2 is 1.47 bits per heavy atom. The summed E-state index contributed by atoms with van der Waals surface area (Å²) < 4.78 is 0. The first-order valence-electron chi connectivity index (χ1n) is 5.81. The highest BCUT2D eigenvalue weighted by Gasteiger charge is 2.34. The van der Waals surface area contributed by atoms with Crippen LogP contribution in [-0.2, 0) is 5.21 Å². The SMILES string of the molecule is [B]C1([B])c2ccccc2-c2cc(C)c(C)cc21. The maximum Gasteiger partial charge on any atom is 0.0745 e. The fourth-order valence-electron chi connectivity index (χ4n) is 2.61. The lowest BCUT2D eigenvalue weighted by Crippen LogP contribution is -2.25. The van der Waals surface area contributed by atoms with Crippen LogP contribution < -0.4 is 0 Å². The first-order valence-corrected chi connectivity index (χ1v) is 5.81. The van der Waals surface area contributed by atoms with Gasteiger partial charge in [-0.1, -0.05) is 41.6 Å². The number of fused-ring (bicyclic) bond motifs is 3. The predicted octanol–water partition coefficient (Wildman–Crippen LogP) is 2.82. The number of benzene rings is 2. The summed E-state index contributed by atoms with van der Waals surface area (Å²) >= 11 is 0. The van der Waals surface area contributed by atoms with Crippen molar-refractivity contribution in [3.05, 3.63) is 58.7 Å². The molecule has 0 aromatic heterocycles. The lowest BCUT2D eigenvalue weighted by molar-refractivity contribution is 1.07. The minimum Gasteiger partial charge on any atom is -0.0620 e. The molecule has 3 rings (SSSR count). The standard InChI is InChI=1S/C15H12B2/c1-9-7-12-11-5-3-4-6-13(11)15(16,17)14(12)8-10(9)2/h3-8H,1-2H3. The van der Waals surface area contributed by atoms with Crippen LogP contribution in [0.4, 0.5) is 0 Å². The molecule has 0 saturated carbocycles. The van der Waals surface area contributed by atoms with Gasteiger partial charge in [-0.15, -0.1) is 0 Å². The molecule has 2 heteroatoms. The Kier molecular flexibility index (Phi) is 2.07. The van der Waals surface area contributed by atoms with Crippen molar-refractivity contribution in [2.24, 2.45) is 0 Å². The van der Waals surface area contributed by atoms with Gasteiger partial charge in [-0.25, -0.2) is 0 Å². The highest BCUT2D eigenvalue weighted by atomic mass is 14.3. The van der Waals surface area contributed by atoms with E-state index in [0.717, 1.165) is 16.7 Å². The summed E-state index contributed by atoms with van der Waals surface area (Å²) in [6.07, 6.45) is 0. The maximum atomic E-state index is 6.30. The van der Waals surface area contributed by atoms with Gasteiger partial charge in [-0.2, -0.15) is 0 Å². The lowest BCUT2D eigenvalue weighted by Gasteiger charge is -2.23. The van der Waals surface area contributed by atoms with Crippen LogP contribution in [0.25, 0.3) is 11.1 Å². The average Bonchev–Trinajstić information content (AvgIpc) is 2.51. The van der Waals surface area contributed by atoms with E-state index in [-0.39, 0.29) is 0 Å². The van der Waals surface area contributed by atoms with Gasteiger partial charge < -0.3 is 0 Å². The van der Waals surface area contributed by atoms with Gasteiger partial charge in [-0.3, -0.25) is 0 Å². The topological polar surface area (TPSA) is 0 Å². The van der Waals surface area contributed by atoms with Crippen molar-refractivity contribution in [1.29, 1.82) is 0 Å². The van der Waals surface area contributed by atoms with Gasteiger partial charge in [0.15, 0.2) is 0 Å². The molecule has 1 aliphatic carbocycles. The Balaban J connectivity index is 2.40. The Hall–Kier alpha value is -1.43. The van der Waals surface area contributed by atoms with Crippen LogP contribution in [0, 0.1) is 13.8 Å². The van der Waals surface area contributed by atoms with Gasteiger partial charge in [0.2, 0.25) is 0 Å². The zero-order valence-electron chi connectivity index (χ0n) is 10.1. The molecule has 0 amide bonds. The summed E-state index contributed by atoms with van der Waals surface area (Å²) in [5.41, 5.74) is 6.89. The van der Waals surface area contributed by atoms with Crippen molar-refractivity contribution in [1.82, 2.24) is 0 Å². The largest absolute Gasteiger partial charge is 0.0745 e. The van der Waals surface area contributed by atoms with E-state index in [0.29, 0.717) is 0 Å². The van der Waals surface area contributed by atoms with Gasteiger partial charge in [-0.05, 0) is 47.2 Å². The van der Waals surface area contributed by atoms with Crippen molar-refractivity contribution in [2.45, 2.75) is 19.1 Å². The van der Waals surface area contributed by atoms with Gasteiger partial charge in [0, 0.05) is 0 Å². The van der Waals surface area contributed by atoms with E-state index in [1.807, 2.05) is 18.2 Å². The smallest absolute Gasteiger partial charge is 0.0620 e. The summed E-state index contributed by atoms with van der Waals surface area (Å²) in [4.78, 5) is 0. The summed E-state index contributed by atoms with van der Waals surface area (Å²) in [5, 5.41) is -0.857. The molecule has 4 radical (unpaired) electrons. The first kappa shape index (κ1) is 10.7. The van der Waals surface area contributed by atoms with Crippen LogP contribution in [0.2, 0.25) is 0 Å². The van der Waals surface area contributed by atoms with E-state index in [9.17, 15) is 0 Å². The Morgan fingerprint density at radius 3 is 2.24 bits per heavy atom. The Morgan fingerprint density at radius 1 is 0.824 bits per heavy atom. The van der Waals surface area contributed by atoms with Crippen molar-refractivity contribution < 1.29 is 0 Å². The van der Waals surface area contributed by atoms with E-state index < -0.39 is 5.21 Å². The van der Waals surface area contributed by atoms with Gasteiger partial charge in [0.05, 0.1) is 15.7 Å². The van der Waals surface area contributed by atoms with E-state index in [1.54, 1.807) is 0 Å². The summed E-state index contributed by atoms with van der Waals surface area (Å²) in [7, 11) is 12.6. The van der Waals surface area contributed by atoms with Crippen molar-refractivity contribution in [3.63, 3.8) is 0 Å². The van der Waals surface area contributed by atoms with Crippen LogP contribution in [0.1, 0.15) is 22.3 Å². The first-order chi connectivity index (χ1) is 8.01. The van der Waals surface area contributed by atoms with Crippen LogP contribution in [-0.4, -0.2) is 15.7 Å². The third-order valence-corrected chi connectivity index (χ3v) is 3.74. The molecule has 0 saturated heterocycles. The van der Waals surface area contributed by atoms with E-state index in [4.69, 9.17) is 15.7 Å². The van der Waals surface area contributed by atoms with Crippen LogP contribution in [0.5, 0.6) is 0 Å². The second-order valence-electron chi connectivity index (χ2n) is 4.90. The summed E-state index contributed by atoms with van der Waals surface area (Å²) in [5.74, 6) is 0. The molecule has 2 aromatic rings. The number of hydrogen-bond acceptors (Lipinski definition) is 0. The minimum atomic E-state index is -0.857. The normalized spacial score (nSPS) is 15.4. The average molecular weight is 214 g/mol. The molecule has 0 unspecified atom stereocenters. The quantitative estimate of drug-likeness (QED) is 0.591. The van der Waals surface area contributed by atoms with Crippen LogP contribution in [0.15, 0.2) is 36.4 Å². The molecular formula is C15H12B2. The van der Waals surface area contributed by atoms with Crippen LogP contribution >= 0.6 is 0 Å². The number of rotatable bonds is 0. The predicted molar refractivity (Wildman–Crippen MR) is 73.6 cm³/mol. The lowest BCUT2D eigenvalue weighted by atomic mass is 9.49. The maximum absolute atomic E-state index is 6.30. The second-order valence-corrected chi connectivity index (χ2v) is 4.90. The highest BCUT2D eigenvalue weighted by molar-refractivity contribution is 6.44. The zero-order chi connectivity index (χ0) is 12.2. The van der Waals surface area contributed by atoms with Crippen molar-refractivity contribution in [2.75, 3.05) is 0 Å². The summed E-state index contributed by atoms with van der Waals surface area (Å²) in [6, 6.07) is 12.4. The third kappa shape index (κ3) is 1.33.